The standard InChI is InChI=1S/C19H25NO3/c1-19(13-20,15-8-6-5-7-9-15)12-14-10-16(21-2)18(23-4)17(11-14)22-3/h5-11H,12-13,20H2,1-4H3. The molecular weight excluding hydrogens is 290 g/mol. The minimum atomic E-state index is -0.161. The third-order valence-corrected chi connectivity index (χ3v) is 4.24. The van der Waals surface area contributed by atoms with E-state index < -0.39 is 0 Å². The lowest BCUT2D eigenvalue weighted by Gasteiger charge is -2.29. The molecule has 124 valence electrons. The Morgan fingerprint density at radius 1 is 0.913 bits per heavy atom. The van der Waals surface area contributed by atoms with Gasteiger partial charge in [-0.3, -0.25) is 0 Å². The van der Waals surface area contributed by atoms with E-state index in [1.807, 2.05) is 30.3 Å². The van der Waals surface area contributed by atoms with Gasteiger partial charge in [-0.2, -0.15) is 0 Å². The molecule has 0 amide bonds. The van der Waals surface area contributed by atoms with Crippen molar-refractivity contribution in [2.75, 3.05) is 27.9 Å². The Kier molecular flexibility index (Phi) is 5.50. The van der Waals surface area contributed by atoms with Crippen LogP contribution in [-0.4, -0.2) is 27.9 Å². The molecule has 0 saturated heterocycles. The van der Waals surface area contributed by atoms with E-state index in [2.05, 4.69) is 19.1 Å². The number of benzene rings is 2. The monoisotopic (exact) mass is 315 g/mol. The maximum absolute atomic E-state index is 6.10. The molecule has 0 aliphatic carbocycles. The molecule has 0 aromatic heterocycles. The zero-order valence-corrected chi connectivity index (χ0v) is 14.3. The highest BCUT2D eigenvalue weighted by molar-refractivity contribution is 5.54. The first-order chi connectivity index (χ1) is 11.1. The molecule has 0 radical (unpaired) electrons. The minimum Gasteiger partial charge on any atom is -0.493 e. The molecule has 23 heavy (non-hydrogen) atoms. The molecule has 4 nitrogen and oxygen atoms in total. The van der Waals surface area contributed by atoms with Gasteiger partial charge in [0.15, 0.2) is 11.5 Å². The lowest BCUT2D eigenvalue weighted by Crippen LogP contribution is -2.34. The van der Waals surface area contributed by atoms with Gasteiger partial charge in [-0.15, -0.1) is 0 Å². The van der Waals surface area contributed by atoms with Crippen LogP contribution >= 0.6 is 0 Å². The smallest absolute Gasteiger partial charge is 0.203 e. The van der Waals surface area contributed by atoms with Gasteiger partial charge >= 0.3 is 0 Å². The summed E-state index contributed by atoms with van der Waals surface area (Å²) in [7, 11) is 4.86. The molecule has 0 heterocycles. The molecule has 2 aromatic rings. The highest BCUT2D eigenvalue weighted by Gasteiger charge is 2.26. The van der Waals surface area contributed by atoms with Gasteiger partial charge in [-0.05, 0) is 29.7 Å². The first-order valence-corrected chi connectivity index (χ1v) is 7.62. The molecule has 0 aliphatic heterocycles. The van der Waals surface area contributed by atoms with Gasteiger partial charge in [-0.25, -0.2) is 0 Å². The summed E-state index contributed by atoms with van der Waals surface area (Å²) in [6.45, 7) is 2.72. The SMILES string of the molecule is COc1cc(CC(C)(CN)c2ccccc2)cc(OC)c1OC. The lowest BCUT2D eigenvalue weighted by molar-refractivity contribution is 0.323. The number of ether oxygens (including phenoxy) is 3. The average molecular weight is 315 g/mol. The van der Waals surface area contributed by atoms with Crippen molar-refractivity contribution in [2.24, 2.45) is 5.73 Å². The second-order valence-electron chi connectivity index (χ2n) is 5.84. The summed E-state index contributed by atoms with van der Waals surface area (Å²) in [6.07, 6.45) is 0.782. The van der Waals surface area contributed by atoms with E-state index in [1.165, 1.54) is 5.56 Å². The lowest BCUT2D eigenvalue weighted by atomic mass is 9.77. The predicted octanol–water partition coefficient (Wildman–Crippen LogP) is 3.17. The van der Waals surface area contributed by atoms with Crippen LogP contribution in [0.4, 0.5) is 0 Å². The molecular formula is C19H25NO3. The zero-order chi connectivity index (χ0) is 16.9. The Bertz CT molecular complexity index is 617. The van der Waals surface area contributed by atoms with Crippen LogP contribution in [0.25, 0.3) is 0 Å². The van der Waals surface area contributed by atoms with Gasteiger partial charge in [0.2, 0.25) is 5.75 Å². The molecule has 0 fully saturated rings. The fourth-order valence-corrected chi connectivity index (χ4v) is 2.82. The highest BCUT2D eigenvalue weighted by atomic mass is 16.5. The second kappa shape index (κ2) is 7.38. The number of hydrogen-bond acceptors (Lipinski definition) is 4. The molecule has 2 rings (SSSR count). The van der Waals surface area contributed by atoms with Crippen molar-refractivity contribution in [3.05, 3.63) is 53.6 Å². The maximum Gasteiger partial charge on any atom is 0.203 e. The van der Waals surface area contributed by atoms with Gasteiger partial charge in [0, 0.05) is 12.0 Å². The van der Waals surface area contributed by atoms with E-state index in [0.29, 0.717) is 23.8 Å². The van der Waals surface area contributed by atoms with E-state index in [9.17, 15) is 0 Å². The molecule has 2 N–H and O–H groups in total. The van der Waals surface area contributed by atoms with Crippen LogP contribution in [0.5, 0.6) is 17.2 Å². The average Bonchev–Trinajstić information content (AvgIpc) is 2.61. The van der Waals surface area contributed by atoms with Gasteiger partial charge in [0.05, 0.1) is 21.3 Å². The van der Waals surface area contributed by atoms with E-state index in [4.69, 9.17) is 19.9 Å². The summed E-state index contributed by atoms with van der Waals surface area (Å²) >= 11 is 0. The summed E-state index contributed by atoms with van der Waals surface area (Å²) < 4.78 is 16.3. The van der Waals surface area contributed by atoms with Crippen molar-refractivity contribution >= 4 is 0 Å². The van der Waals surface area contributed by atoms with Crippen LogP contribution in [0.3, 0.4) is 0 Å². The van der Waals surface area contributed by atoms with Crippen molar-refractivity contribution in [2.45, 2.75) is 18.8 Å². The van der Waals surface area contributed by atoms with Crippen LogP contribution in [0.15, 0.2) is 42.5 Å². The van der Waals surface area contributed by atoms with E-state index >= 15 is 0 Å². The van der Waals surface area contributed by atoms with Crippen molar-refractivity contribution in [1.29, 1.82) is 0 Å². The van der Waals surface area contributed by atoms with Crippen LogP contribution < -0.4 is 19.9 Å². The Balaban J connectivity index is 2.42. The molecule has 1 atom stereocenters. The zero-order valence-electron chi connectivity index (χ0n) is 14.3. The fraction of sp³-hybridized carbons (Fsp3) is 0.368. The van der Waals surface area contributed by atoms with Crippen LogP contribution in [-0.2, 0) is 11.8 Å². The first kappa shape index (κ1) is 17.2. The Morgan fingerprint density at radius 2 is 1.48 bits per heavy atom. The van der Waals surface area contributed by atoms with Gasteiger partial charge in [-0.1, -0.05) is 37.3 Å². The number of rotatable bonds is 7. The topological polar surface area (TPSA) is 53.7 Å². The number of nitrogens with two attached hydrogens (primary N) is 1. The van der Waals surface area contributed by atoms with E-state index in [-0.39, 0.29) is 5.41 Å². The molecule has 0 aliphatic rings. The van der Waals surface area contributed by atoms with E-state index in [0.717, 1.165) is 12.0 Å². The minimum absolute atomic E-state index is 0.161. The Labute approximate surface area is 138 Å². The largest absolute Gasteiger partial charge is 0.493 e. The van der Waals surface area contributed by atoms with Crippen LogP contribution in [0.1, 0.15) is 18.1 Å². The summed E-state index contributed by atoms with van der Waals surface area (Å²) in [4.78, 5) is 0. The molecule has 1 unspecified atom stereocenters. The van der Waals surface area contributed by atoms with Crippen LogP contribution in [0.2, 0.25) is 0 Å². The predicted molar refractivity (Wildman–Crippen MR) is 92.7 cm³/mol. The van der Waals surface area contributed by atoms with Gasteiger partial charge < -0.3 is 19.9 Å². The number of methoxy groups -OCH3 is 3. The maximum atomic E-state index is 6.10. The van der Waals surface area contributed by atoms with Crippen molar-refractivity contribution in [1.82, 2.24) is 0 Å². The normalized spacial score (nSPS) is 13.3. The molecule has 0 spiro atoms. The fourth-order valence-electron chi connectivity index (χ4n) is 2.82. The second-order valence-corrected chi connectivity index (χ2v) is 5.84. The van der Waals surface area contributed by atoms with Crippen LogP contribution in [0, 0.1) is 0 Å². The Morgan fingerprint density at radius 3 is 1.91 bits per heavy atom. The quantitative estimate of drug-likeness (QED) is 0.852. The van der Waals surface area contributed by atoms with Gasteiger partial charge in [0.1, 0.15) is 0 Å². The van der Waals surface area contributed by atoms with Crippen molar-refractivity contribution in [3.63, 3.8) is 0 Å². The molecule has 4 heteroatoms. The van der Waals surface area contributed by atoms with Crippen molar-refractivity contribution in [3.8, 4) is 17.2 Å². The summed E-state index contributed by atoms with van der Waals surface area (Å²) in [5.74, 6) is 1.93. The van der Waals surface area contributed by atoms with E-state index in [1.54, 1.807) is 21.3 Å². The third kappa shape index (κ3) is 3.59. The molecule has 0 saturated carbocycles. The van der Waals surface area contributed by atoms with Crippen molar-refractivity contribution < 1.29 is 14.2 Å². The first-order valence-electron chi connectivity index (χ1n) is 7.62. The Hall–Kier alpha value is -2.20. The third-order valence-electron chi connectivity index (χ3n) is 4.24. The van der Waals surface area contributed by atoms with Gasteiger partial charge in [0.25, 0.3) is 0 Å². The summed E-state index contributed by atoms with van der Waals surface area (Å²) in [5, 5.41) is 0. The number of hydrogen-bond donors (Lipinski definition) is 1. The highest BCUT2D eigenvalue weighted by Crippen LogP contribution is 2.40. The summed E-state index contributed by atoms with van der Waals surface area (Å²) in [6, 6.07) is 14.3. The molecule has 2 aromatic carbocycles. The molecule has 0 bridgehead atoms. The summed E-state index contributed by atoms with van der Waals surface area (Å²) in [5.41, 5.74) is 8.25.